The lowest BCUT2D eigenvalue weighted by molar-refractivity contribution is 0.102. The number of hydrogen-bond acceptors (Lipinski definition) is 2. The van der Waals surface area contributed by atoms with Gasteiger partial charge in [-0.3, -0.25) is 4.79 Å². The summed E-state index contributed by atoms with van der Waals surface area (Å²) >= 11 is 15.0. The average Bonchev–Trinajstić information content (AvgIpc) is 2.38. The maximum atomic E-state index is 12.2. The molecule has 2 aromatic carbocycles. The molecule has 0 aliphatic heterocycles. The third-order valence-electron chi connectivity index (χ3n) is 2.64. The summed E-state index contributed by atoms with van der Waals surface area (Å²) in [5, 5.41) is 12.8. The molecule has 0 bridgehead atoms. The second kappa shape index (κ2) is 6.04. The fraction of sp³-hybridized carbons (Fsp3) is 0.0714. The zero-order chi connectivity index (χ0) is 14.9. The van der Waals surface area contributed by atoms with Crippen molar-refractivity contribution in [2.24, 2.45) is 0 Å². The minimum absolute atomic E-state index is 0.0797. The molecule has 0 aliphatic carbocycles. The van der Waals surface area contributed by atoms with Gasteiger partial charge < -0.3 is 10.4 Å². The Kier molecular flexibility index (Phi) is 4.58. The zero-order valence-corrected chi connectivity index (χ0v) is 13.5. The molecule has 0 radical (unpaired) electrons. The Morgan fingerprint density at radius 1 is 1.25 bits per heavy atom. The number of anilines is 1. The van der Waals surface area contributed by atoms with Gasteiger partial charge in [0.25, 0.3) is 5.91 Å². The monoisotopic (exact) mass is 373 g/mol. The van der Waals surface area contributed by atoms with E-state index in [1.165, 1.54) is 12.1 Å². The molecule has 2 N–H and O–H groups in total. The van der Waals surface area contributed by atoms with E-state index in [1.807, 2.05) is 13.0 Å². The van der Waals surface area contributed by atoms with E-state index >= 15 is 0 Å². The predicted octanol–water partition coefficient (Wildman–Crippen LogP) is 5.02. The van der Waals surface area contributed by atoms with E-state index < -0.39 is 0 Å². The van der Waals surface area contributed by atoms with Crippen LogP contribution in [0.25, 0.3) is 0 Å². The topological polar surface area (TPSA) is 49.3 Å². The van der Waals surface area contributed by atoms with Crippen molar-refractivity contribution in [1.82, 2.24) is 0 Å². The van der Waals surface area contributed by atoms with Gasteiger partial charge in [0.2, 0.25) is 0 Å². The number of amides is 1. The molecule has 0 atom stereocenters. The quantitative estimate of drug-likeness (QED) is 0.725. The third-order valence-corrected chi connectivity index (χ3v) is 3.84. The fourth-order valence-corrected chi connectivity index (χ4v) is 2.58. The van der Waals surface area contributed by atoms with Gasteiger partial charge in [-0.25, -0.2) is 0 Å². The first-order chi connectivity index (χ1) is 9.38. The van der Waals surface area contributed by atoms with E-state index in [0.29, 0.717) is 15.1 Å². The summed E-state index contributed by atoms with van der Waals surface area (Å²) in [6, 6.07) is 8.24. The second-order valence-corrected chi connectivity index (χ2v) is 5.92. The largest absolute Gasteiger partial charge is 0.504 e. The van der Waals surface area contributed by atoms with Gasteiger partial charge in [-0.1, -0.05) is 34.8 Å². The Balaban J connectivity index is 2.35. The molecule has 0 spiro atoms. The number of benzene rings is 2. The SMILES string of the molecule is Cc1ccc(Br)c(C(=O)Nc2cc(Cl)cc(Cl)c2O)c1. The third kappa shape index (κ3) is 3.26. The van der Waals surface area contributed by atoms with Crippen LogP contribution in [-0.2, 0) is 0 Å². The Morgan fingerprint density at radius 2 is 1.95 bits per heavy atom. The highest BCUT2D eigenvalue weighted by molar-refractivity contribution is 9.10. The molecule has 2 aromatic rings. The second-order valence-electron chi connectivity index (χ2n) is 4.22. The molecule has 6 heteroatoms. The molecule has 1 amide bonds. The minimum Gasteiger partial charge on any atom is -0.504 e. The van der Waals surface area contributed by atoms with Gasteiger partial charge >= 0.3 is 0 Å². The van der Waals surface area contributed by atoms with E-state index in [2.05, 4.69) is 21.2 Å². The van der Waals surface area contributed by atoms with Crippen molar-refractivity contribution in [3.05, 3.63) is 56.0 Å². The first kappa shape index (κ1) is 15.2. The average molecular weight is 375 g/mol. The number of aryl methyl sites for hydroxylation is 1. The number of halogens is 3. The highest BCUT2D eigenvalue weighted by atomic mass is 79.9. The lowest BCUT2D eigenvalue weighted by Crippen LogP contribution is -2.13. The summed E-state index contributed by atoms with van der Waals surface area (Å²) in [6.07, 6.45) is 0. The zero-order valence-electron chi connectivity index (χ0n) is 10.4. The standard InChI is InChI=1S/C14H10BrCl2NO2/c1-7-2-3-10(15)9(4-7)14(20)18-12-6-8(16)5-11(17)13(12)19/h2-6,19H,1H3,(H,18,20). The van der Waals surface area contributed by atoms with Crippen molar-refractivity contribution < 1.29 is 9.90 Å². The van der Waals surface area contributed by atoms with Gasteiger partial charge in [-0.05, 0) is 47.1 Å². The maximum absolute atomic E-state index is 12.2. The van der Waals surface area contributed by atoms with E-state index in [1.54, 1.807) is 12.1 Å². The van der Waals surface area contributed by atoms with Gasteiger partial charge in [0.1, 0.15) is 0 Å². The molecular weight excluding hydrogens is 365 g/mol. The highest BCUT2D eigenvalue weighted by Gasteiger charge is 2.14. The number of hydrogen-bond donors (Lipinski definition) is 2. The summed E-state index contributed by atoms with van der Waals surface area (Å²) < 4.78 is 0.660. The summed E-state index contributed by atoms with van der Waals surface area (Å²) in [5.41, 5.74) is 1.58. The molecule has 0 aliphatic rings. The van der Waals surface area contributed by atoms with Crippen LogP contribution in [0.2, 0.25) is 10.0 Å². The molecule has 0 fully saturated rings. The molecular formula is C14H10BrCl2NO2. The van der Waals surface area contributed by atoms with Gasteiger partial charge in [-0.15, -0.1) is 0 Å². The number of phenols is 1. The molecule has 0 saturated carbocycles. The van der Waals surface area contributed by atoms with Crippen LogP contribution in [0.4, 0.5) is 5.69 Å². The molecule has 2 rings (SSSR count). The molecule has 0 heterocycles. The number of rotatable bonds is 2. The molecule has 0 saturated heterocycles. The molecule has 104 valence electrons. The van der Waals surface area contributed by atoms with Crippen molar-refractivity contribution >= 4 is 50.7 Å². The minimum atomic E-state index is -0.366. The first-order valence-corrected chi connectivity index (χ1v) is 7.19. The van der Waals surface area contributed by atoms with Crippen molar-refractivity contribution in [2.45, 2.75) is 6.92 Å². The number of carbonyl (C=O) groups excluding carboxylic acids is 1. The fourth-order valence-electron chi connectivity index (χ4n) is 1.66. The van der Waals surface area contributed by atoms with Crippen LogP contribution in [0.15, 0.2) is 34.8 Å². The summed E-state index contributed by atoms with van der Waals surface area (Å²) in [4.78, 5) is 12.2. The summed E-state index contributed by atoms with van der Waals surface area (Å²) in [7, 11) is 0. The number of phenolic OH excluding ortho intramolecular Hbond substituents is 1. The van der Waals surface area contributed by atoms with Crippen molar-refractivity contribution in [2.75, 3.05) is 5.32 Å². The van der Waals surface area contributed by atoms with Gasteiger partial charge in [-0.2, -0.15) is 0 Å². The van der Waals surface area contributed by atoms with Gasteiger partial charge in [0.15, 0.2) is 5.75 Å². The van der Waals surface area contributed by atoms with Gasteiger partial charge in [0, 0.05) is 9.50 Å². The Labute approximate surface area is 134 Å². The van der Waals surface area contributed by atoms with Crippen LogP contribution < -0.4 is 5.32 Å². The van der Waals surface area contributed by atoms with Crippen LogP contribution in [-0.4, -0.2) is 11.0 Å². The number of aromatic hydroxyl groups is 1. The molecule has 3 nitrogen and oxygen atoms in total. The van der Waals surface area contributed by atoms with E-state index in [9.17, 15) is 9.90 Å². The summed E-state index contributed by atoms with van der Waals surface area (Å²) in [5.74, 6) is -0.581. The smallest absolute Gasteiger partial charge is 0.256 e. The maximum Gasteiger partial charge on any atom is 0.256 e. The lowest BCUT2D eigenvalue weighted by Gasteiger charge is -2.10. The highest BCUT2D eigenvalue weighted by Crippen LogP contribution is 2.35. The van der Waals surface area contributed by atoms with Crippen LogP contribution >= 0.6 is 39.1 Å². The van der Waals surface area contributed by atoms with Crippen LogP contribution in [0, 0.1) is 6.92 Å². The first-order valence-electron chi connectivity index (χ1n) is 5.64. The summed E-state index contributed by atoms with van der Waals surface area (Å²) in [6.45, 7) is 1.89. The lowest BCUT2D eigenvalue weighted by atomic mass is 10.1. The van der Waals surface area contributed by atoms with E-state index in [4.69, 9.17) is 23.2 Å². The normalized spacial score (nSPS) is 10.4. The Bertz CT molecular complexity index is 689. The molecule has 0 unspecified atom stereocenters. The van der Waals surface area contributed by atoms with E-state index in [-0.39, 0.29) is 22.4 Å². The van der Waals surface area contributed by atoms with Crippen molar-refractivity contribution in [1.29, 1.82) is 0 Å². The predicted molar refractivity (Wildman–Crippen MR) is 85.0 cm³/mol. The number of nitrogens with one attached hydrogen (secondary N) is 1. The Morgan fingerprint density at radius 3 is 2.65 bits per heavy atom. The van der Waals surface area contributed by atoms with Crippen LogP contribution in [0.1, 0.15) is 15.9 Å². The van der Waals surface area contributed by atoms with Crippen molar-refractivity contribution in [3.8, 4) is 5.75 Å². The van der Waals surface area contributed by atoms with Crippen molar-refractivity contribution in [3.63, 3.8) is 0 Å². The van der Waals surface area contributed by atoms with E-state index in [0.717, 1.165) is 5.56 Å². The van der Waals surface area contributed by atoms with Crippen LogP contribution in [0.3, 0.4) is 0 Å². The van der Waals surface area contributed by atoms with Crippen LogP contribution in [0.5, 0.6) is 5.75 Å². The number of carbonyl (C=O) groups is 1. The Hall–Kier alpha value is -1.23. The van der Waals surface area contributed by atoms with Gasteiger partial charge in [0.05, 0.1) is 16.3 Å². The molecule has 20 heavy (non-hydrogen) atoms. The molecule has 0 aromatic heterocycles.